The molecule has 10 heteroatoms. The maximum absolute atomic E-state index is 7.76. The third-order valence-corrected chi connectivity index (χ3v) is 8.32. The topological polar surface area (TPSA) is 98.5 Å². The molecule has 0 fully saturated rings. The molecule has 0 aromatic rings. The number of unbranched alkanes of at least 4 members (excludes halogenated alkanes) is 18. The van der Waals surface area contributed by atoms with Gasteiger partial charge in [0.15, 0.2) is 10.3 Å². The smallest absolute Gasteiger partial charge is 0.326 e. The van der Waals surface area contributed by atoms with Crippen LogP contribution in [0.5, 0.6) is 0 Å². The van der Waals surface area contributed by atoms with Gasteiger partial charge in [-0.15, -0.1) is 0 Å². The first-order valence-corrected chi connectivity index (χ1v) is 19.8. The summed E-state index contributed by atoms with van der Waals surface area (Å²) in [5, 5.41) is 8.84. The van der Waals surface area contributed by atoms with Crippen LogP contribution < -0.4 is 10.6 Å². The summed E-state index contributed by atoms with van der Waals surface area (Å²) in [5.74, 6) is 0. The molecule has 0 unspecified atom stereocenters. The van der Waals surface area contributed by atoms with E-state index in [1.807, 2.05) is 14.1 Å². The summed E-state index contributed by atoms with van der Waals surface area (Å²) in [7, 11) is 2.82. The number of hydrogen-bond donors (Lipinski definition) is 4. The van der Waals surface area contributed by atoms with Gasteiger partial charge >= 0.3 is 8.60 Å². The van der Waals surface area contributed by atoms with E-state index in [9.17, 15) is 0 Å². The Labute approximate surface area is 265 Å². The van der Waals surface area contributed by atoms with Gasteiger partial charge in [0.2, 0.25) is 0 Å². The minimum atomic E-state index is -2.10. The summed E-state index contributed by atoms with van der Waals surface area (Å²) in [4.78, 5) is 23.8. The van der Waals surface area contributed by atoms with E-state index in [0.717, 1.165) is 23.4 Å². The van der Waals surface area contributed by atoms with Crippen molar-refractivity contribution >= 4 is 42.5 Å². The molecule has 0 saturated heterocycles. The third-order valence-electron chi connectivity index (χ3n) is 6.57. The molecule has 4 N–H and O–H groups in total. The van der Waals surface area contributed by atoms with E-state index < -0.39 is 8.60 Å². The Balaban J connectivity index is -0.000000604. The van der Waals surface area contributed by atoms with E-state index in [0.29, 0.717) is 0 Å². The molecule has 0 saturated carbocycles. The van der Waals surface area contributed by atoms with Crippen LogP contribution in [0, 0.1) is 0 Å². The molecule has 0 spiro atoms. The van der Waals surface area contributed by atoms with Gasteiger partial charge in [-0.25, -0.2) is 0 Å². The maximum Gasteiger partial charge on any atom is 0.326 e. The standard InChI is InChI=1S/2C15H32N2S.CH5O3P/c2*1-4-5-6-7-8-9-10-11-12-13-14-17-15(16-2)18-3;1-4-5(2)3/h2*4-14H2,1-3H3,(H,16,17);2-3H,1H3. The summed E-state index contributed by atoms with van der Waals surface area (Å²) in [6.45, 7) is 6.70. The van der Waals surface area contributed by atoms with Gasteiger partial charge in [0.05, 0.1) is 0 Å². The van der Waals surface area contributed by atoms with E-state index in [1.54, 1.807) is 23.5 Å². The molecule has 0 radical (unpaired) electrons. The molecule has 41 heavy (non-hydrogen) atoms. The molecular formula is C31H69N4O3PS2. The fraction of sp³-hybridized carbons (Fsp3) is 0.935. The monoisotopic (exact) mass is 640 g/mol. The number of thioether (sulfide) groups is 2. The Bertz CT molecular complexity index is 503. The van der Waals surface area contributed by atoms with Crippen molar-refractivity contribution in [3.8, 4) is 0 Å². The van der Waals surface area contributed by atoms with Crippen LogP contribution in [0.15, 0.2) is 9.98 Å². The molecular weight excluding hydrogens is 571 g/mol. The molecule has 0 aromatic carbocycles. The van der Waals surface area contributed by atoms with Crippen molar-refractivity contribution < 1.29 is 14.3 Å². The van der Waals surface area contributed by atoms with Crippen LogP contribution in [-0.2, 0) is 4.52 Å². The van der Waals surface area contributed by atoms with Crippen molar-refractivity contribution in [1.82, 2.24) is 10.6 Å². The van der Waals surface area contributed by atoms with Crippen LogP contribution in [0.25, 0.3) is 0 Å². The number of hydrogen-bond acceptors (Lipinski definition) is 7. The van der Waals surface area contributed by atoms with Gasteiger partial charge < -0.3 is 24.9 Å². The quantitative estimate of drug-likeness (QED) is 0.0382. The molecule has 0 rings (SSSR count). The van der Waals surface area contributed by atoms with Crippen LogP contribution in [0.1, 0.15) is 142 Å². The Morgan fingerprint density at radius 2 is 0.805 bits per heavy atom. The second kappa shape index (κ2) is 42.1. The van der Waals surface area contributed by atoms with Gasteiger partial charge in [-0.2, -0.15) is 0 Å². The molecule has 0 bridgehead atoms. The fourth-order valence-corrected chi connectivity index (χ4v) is 4.96. The van der Waals surface area contributed by atoms with Gasteiger partial charge in [-0.05, 0) is 25.4 Å². The molecule has 7 nitrogen and oxygen atoms in total. The highest BCUT2D eigenvalue weighted by Crippen LogP contribution is 2.21. The third kappa shape index (κ3) is 44.5. The summed E-state index contributed by atoms with van der Waals surface area (Å²) in [6, 6.07) is 0. The second-order valence-electron chi connectivity index (χ2n) is 10.1. The zero-order valence-electron chi connectivity index (χ0n) is 28.0. The minimum Gasteiger partial charge on any atom is -0.365 e. The normalized spacial score (nSPS) is 11.6. The van der Waals surface area contributed by atoms with E-state index >= 15 is 0 Å². The Hall–Kier alpha value is -0.0500. The number of amidine groups is 2. The SMILES string of the molecule is CCCCCCCCCCCCNC(=NC)SC.CCCCCCCCCCCCNC(=NC)SC.COP(O)O. The number of aliphatic imine (C=N–C) groups is 2. The maximum atomic E-state index is 7.76. The van der Waals surface area contributed by atoms with Crippen molar-refractivity contribution in [2.45, 2.75) is 142 Å². The van der Waals surface area contributed by atoms with Gasteiger partial charge in [0.1, 0.15) is 0 Å². The predicted octanol–water partition coefficient (Wildman–Crippen LogP) is 9.54. The lowest BCUT2D eigenvalue weighted by atomic mass is 10.1. The van der Waals surface area contributed by atoms with Gasteiger partial charge in [-0.3, -0.25) is 9.98 Å². The molecule has 0 aliphatic carbocycles. The summed E-state index contributed by atoms with van der Waals surface area (Å²) >= 11 is 3.38. The number of nitrogens with one attached hydrogen (secondary N) is 2. The van der Waals surface area contributed by atoms with Crippen molar-refractivity contribution in [1.29, 1.82) is 0 Å². The van der Waals surface area contributed by atoms with E-state index in [2.05, 4.69) is 51.5 Å². The Kier molecular flexibility index (Phi) is 46.6. The average molecular weight is 641 g/mol. The highest BCUT2D eigenvalue weighted by atomic mass is 32.2. The second-order valence-corrected chi connectivity index (χ2v) is 12.6. The predicted molar refractivity (Wildman–Crippen MR) is 192 cm³/mol. The lowest BCUT2D eigenvalue weighted by Crippen LogP contribution is -2.21. The van der Waals surface area contributed by atoms with E-state index in [-0.39, 0.29) is 0 Å². The lowest BCUT2D eigenvalue weighted by molar-refractivity contribution is 0.310. The average Bonchev–Trinajstić information content (AvgIpc) is 2.99. The molecule has 0 aliphatic rings. The zero-order chi connectivity index (χ0) is 31.2. The van der Waals surface area contributed by atoms with Crippen molar-refractivity contribution in [3.05, 3.63) is 0 Å². The van der Waals surface area contributed by atoms with Crippen LogP contribution in [0.3, 0.4) is 0 Å². The Morgan fingerprint density at radius 1 is 0.561 bits per heavy atom. The van der Waals surface area contributed by atoms with Gasteiger partial charge in [0, 0.05) is 34.3 Å². The van der Waals surface area contributed by atoms with Crippen LogP contribution in [0.4, 0.5) is 0 Å². The first kappa shape index (κ1) is 45.4. The fourth-order valence-electron chi connectivity index (χ4n) is 4.10. The molecule has 0 aliphatic heterocycles. The minimum absolute atomic E-state index is 1.06. The van der Waals surface area contributed by atoms with Gasteiger partial charge in [0.25, 0.3) is 0 Å². The zero-order valence-corrected chi connectivity index (χ0v) is 30.5. The number of rotatable bonds is 23. The molecule has 0 amide bonds. The molecule has 0 heterocycles. The summed E-state index contributed by atoms with van der Waals surface area (Å²) < 4.78 is 3.93. The molecule has 0 atom stereocenters. The highest BCUT2D eigenvalue weighted by molar-refractivity contribution is 8.13. The first-order chi connectivity index (χ1) is 20.0. The summed E-state index contributed by atoms with van der Waals surface area (Å²) in [6.07, 6.45) is 32.1. The van der Waals surface area contributed by atoms with Crippen LogP contribution in [-0.4, -0.2) is 66.9 Å². The van der Waals surface area contributed by atoms with Crippen molar-refractivity contribution in [2.24, 2.45) is 9.98 Å². The van der Waals surface area contributed by atoms with E-state index in [1.165, 1.54) is 136 Å². The Morgan fingerprint density at radius 3 is 1.00 bits per heavy atom. The van der Waals surface area contributed by atoms with Crippen molar-refractivity contribution in [2.75, 3.05) is 46.8 Å². The first-order valence-electron chi connectivity index (χ1n) is 16.2. The summed E-state index contributed by atoms with van der Waals surface area (Å²) in [5.41, 5.74) is 0. The number of nitrogens with zero attached hydrogens (tertiary/aromatic N) is 2. The van der Waals surface area contributed by atoms with Crippen molar-refractivity contribution in [3.63, 3.8) is 0 Å². The van der Waals surface area contributed by atoms with E-state index in [4.69, 9.17) is 9.79 Å². The highest BCUT2D eigenvalue weighted by Gasteiger charge is 1.96. The largest absolute Gasteiger partial charge is 0.365 e. The molecule has 0 aromatic heterocycles. The van der Waals surface area contributed by atoms with Gasteiger partial charge in [-0.1, -0.05) is 153 Å². The van der Waals surface area contributed by atoms with Crippen LogP contribution in [0.2, 0.25) is 0 Å². The lowest BCUT2D eigenvalue weighted by Gasteiger charge is -2.06. The molecule has 248 valence electrons. The van der Waals surface area contributed by atoms with Crippen LogP contribution >= 0.6 is 32.1 Å².